The summed E-state index contributed by atoms with van der Waals surface area (Å²) < 4.78 is 6.47. The fourth-order valence-electron chi connectivity index (χ4n) is 3.45. The van der Waals surface area contributed by atoms with E-state index in [0.29, 0.717) is 18.3 Å². The Bertz CT molecular complexity index is 1090. The van der Waals surface area contributed by atoms with Crippen molar-refractivity contribution in [2.75, 3.05) is 23.4 Å². The highest BCUT2D eigenvalue weighted by atomic mass is 32.1. The molecule has 6 nitrogen and oxygen atoms in total. The number of carbonyl (C=O) groups excluding carboxylic acids is 2. The first-order chi connectivity index (χ1) is 13.9. The SMILES string of the molecule is CCOc1ccc2nc(NC(=O)C3CC(=O)N(c4ccc(C)c(C)c4)C3)sc2c1. The molecular weight excluding hydrogens is 386 g/mol. The van der Waals surface area contributed by atoms with Crippen molar-refractivity contribution in [1.29, 1.82) is 0 Å². The molecule has 1 aromatic heterocycles. The molecule has 3 aromatic rings. The average molecular weight is 410 g/mol. The molecule has 4 rings (SSSR count). The van der Waals surface area contributed by atoms with Crippen molar-refractivity contribution < 1.29 is 14.3 Å². The lowest BCUT2D eigenvalue weighted by molar-refractivity contribution is -0.122. The number of ether oxygens (including phenoxy) is 1. The van der Waals surface area contributed by atoms with Crippen LogP contribution in [0.15, 0.2) is 36.4 Å². The molecule has 1 aliphatic heterocycles. The van der Waals surface area contributed by atoms with Gasteiger partial charge in [0.25, 0.3) is 0 Å². The van der Waals surface area contributed by atoms with Crippen LogP contribution < -0.4 is 15.0 Å². The Hall–Kier alpha value is -2.93. The van der Waals surface area contributed by atoms with Crippen LogP contribution in [0, 0.1) is 19.8 Å². The summed E-state index contributed by atoms with van der Waals surface area (Å²) in [7, 11) is 0. The summed E-state index contributed by atoms with van der Waals surface area (Å²) in [5.41, 5.74) is 3.96. The second kappa shape index (κ2) is 7.83. The average Bonchev–Trinajstić information content (AvgIpc) is 3.27. The standard InChI is InChI=1S/C22H23N3O3S/c1-4-28-17-7-8-18-19(11-17)29-22(23-18)24-21(27)15-10-20(26)25(12-15)16-6-5-13(2)14(3)9-16/h5-9,11,15H,4,10,12H2,1-3H3,(H,23,24,27). The highest BCUT2D eigenvalue weighted by molar-refractivity contribution is 7.22. The van der Waals surface area contributed by atoms with E-state index in [0.717, 1.165) is 27.2 Å². The van der Waals surface area contributed by atoms with Crippen LogP contribution in [-0.2, 0) is 9.59 Å². The van der Waals surface area contributed by atoms with E-state index < -0.39 is 5.92 Å². The monoisotopic (exact) mass is 409 g/mol. The van der Waals surface area contributed by atoms with Gasteiger partial charge < -0.3 is 15.0 Å². The fraction of sp³-hybridized carbons (Fsp3) is 0.318. The van der Waals surface area contributed by atoms with Crippen LogP contribution in [0.25, 0.3) is 10.2 Å². The molecule has 150 valence electrons. The molecule has 2 heterocycles. The van der Waals surface area contributed by atoms with Gasteiger partial charge in [-0.05, 0) is 62.2 Å². The number of rotatable bonds is 5. The maximum atomic E-state index is 12.8. The summed E-state index contributed by atoms with van der Waals surface area (Å²) >= 11 is 1.40. The number of hydrogen-bond donors (Lipinski definition) is 1. The van der Waals surface area contributed by atoms with Gasteiger partial charge in [-0.15, -0.1) is 0 Å². The van der Waals surface area contributed by atoms with Gasteiger partial charge in [-0.3, -0.25) is 9.59 Å². The summed E-state index contributed by atoms with van der Waals surface area (Å²) in [5, 5.41) is 3.42. The van der Waals surface area contributed by atoms with Crippen molar-refractivity contribution in [2.45, 2.75) is 27.2 Å². The van der Waals surface area contributed by atoms with E-state index >= 15 is 0 Å². The molecule has 0 bridgehead atoms. The van der Waals surface area contributed by atoms with Crippen molar-refractivity contribution in [3.63, 3.8) is 0 Å². The number of hydrogen-bond acceptors (Lipinski definition) is 5. The van der Waals surface area contributed by atoms with E-state index in [-0.39, 0.29) is 18.2 Å². The minimum Gasteiger partial charge on any atom is -0.494 e. The lowest BCUT2D eigenvalue weighted by Gasteiger charge is -2.17. The Morgan fingerprint density at radius 1 is 1.24 bits per heavy atom. The minimum absolute atomic E-state index is 0.0286. The molecule has 2 aromatic carbocycles. The second-order valence-corrected chi connectivity index (χ2v) is 8.28. The number of benzene rings is 2. The number of thiazole rings is 1. The molecule has 1 unspecified atom stereocenters. The Labute approximate surface area is 173 Å². The normalized spacial score (nSPS) is 16.4. The van der Waals surface area contributed by atoms with Gasteiger partial charge in [0.2, 0.25) is 11.8 Å². The zero-order valence-corrected chi connectivity index (χ0v) is 17.5. The maximum Gasteiger partial charge on any atom is 0.231 e. The lowest BCUT2D eigenvalue weighted by Crippen LogP contribution is -2.28. The maximum absolute atomic E-state index is 12.8. The fourth-order valence-corrected chi connectivity index (χ4v) is 4.35. The van der Waals surface area contributed by atoms with E-state index in [1.807, 2.05) is 57.2 Å². The number of aryl methyl sites for hydroxylation is 2. The first kappa shape index (κ1) is 19.4. The molecule has 29 heavy (non-hydrogen) atoms. The quantitative estimate of drug-likeness (QED) is 0.682. The van der Waals surface area contributed by atoms with E-state index in [4.69, 9.17) is 4.74 Å². The van der Waals surface area contributed by atoms with Crippen LogP contribution in [0.1, 0.15) is 24.5 Å². The third kappa shape index (κ3) is 3.96. The largest absolute Gasteiger partial charge is 0.494 e. The highest BCUT2D eigenvalue weighted by Gasteiger charge is 2.35. The number of anilines is 2. The molecule has 0 aliphatic carbocycles. The molecule has 0 saturated carbocycles. The Kier molecular flexibility index (Phi) is 5.24. The third-order valence-electron chi connectivity index (χ3n) is 5.20. The summed E-state index contributed by atoms with van der Waals surface area (Å²) in [6, 6.07) is 11.6. The second-order valence-electron chi connectivity index (χ2n) is 7.24. The van der Waals surface area contributed by atoms with Crippen LogP contribution >= 0.6 is 11.3 Å². The van der Waals surface area contributed by atoms with Gasteiger partial charge in [0, 0.05) is 18.7 Å². The summed E-state index contributed by atoms with van der Waals surface area (Å²) in [4.78, 5) is 31.4. The van der Waals surface area contributed by atoms with Crippen molar-refractivity contribution in [3.8, 4) is 5.75 Å². The van der Waals surface area contributed by atoms with E-state index in [1.165, 1.54) is 16.9 Å². The van der Waals surface area contributed by atoms with Gasteiger partial charge in [-0.1, -0.05) is 17.4 Å². The molecular formula is C22H23N3O3S. The predicted molar refractivity (Wildman–Crippen MR) is 116 cm³/mol. The van der Waals surface area contributed by atoms with E-state index in [9.17, 15) is 9.59 Å². The van der Waals surface area contributed by atoms with Gasteiger partial charge in [0.15, 0.2) is 5.13 Å². The molecule has 1 fully saturated rings. The van der Waals surface area contributed by atoms with Gasteiger partial charge >= 0.3 is 0 Å². The first-order valence-corrected chi connectivity index (χ1v) is 10.5. The van der Waals surface area contributed by atoms with Gasteiger partial charge in [0.1, 0.15) is 5.75 Å². The van der Waals surface area contributed by atoms with Crippen molar-refractivity contribution in [2.24, 2.45) is 5.92 Å². The van der Waals surface area contributed by atoms with E-state index in [1.54, 1.807) is 4.90 Å². The Balaban J connectivity index is 1.46. The lowest BCUT2D eigenvalue weighted by atomic mass is 10.1. The summed E-state index contributed by atoms with van der Waals surface area (Å²) in [6.45, 7) is 6.98. The summed E-state index contributed by atoms with van der Waals surface area (Å²) in [5.74, 6) is 0.190. The van der Waals surface area contributed by atoms with Crippen molar-refractivity contribution in [3.05, 3.63) is 47.5 Å². The molecule has 7 heteroatoms. The van der Waals surface area contributed by atoms with Gasteiger partial charge in [-0.2, -0.15) is 0 Å². The van der Waals surface area contributed by atoms with Crippen LogP contribution in [0.5, 0.6) is 5.75 Å². The minimum atomic E-state index is -0.393. The zero-order chi connectivity index (χ0) is 20.5. The first-order valence-electron chi connectivity index (χ1n) is 9.66. The predicted octanol–water partition coefficient (Wildman–Crippen LogP) is 4.30. The van der Waals surface area contributed by atoms with E-state index in [2.05, 4.69) is 10.3 Å². The molecule has 1 saturated heterocycles. The third-order valence-corrected chi connectivity index (χ3v) is 6.13. The number of aromatic nitrogens is 1. The molecule has 1 aliphatic rings. The number of amides is 2. The molecule has 1 atom stereocenters. The smallest absolute Gasteiger partial charge is 0.231 e. The zero-order valence-electron chi connectivity index (χ0n) is 16.7. The van der Waals surface area contributed by atoms with Crippen molar-refractivity contribution in [1.82, 2.24) is 4.98 Å². The van der Waals surface area contributed by atoms with Gasteiger partial charge in [-0.25, -0.2) is 4.98 Å². The van der Waals surface area contributed by atoms with Crippen LogP contribution in [0.4, 0.5) is 10.8 Å². The van der Waals surface area contributed by atoms with Gasteiger partial charge in [0.05, 0.1) is 22.7 Å². The van der Waals surface area contributed by atoms with Crippen LogP contribution in [0.3, 0.4) is 0 Å². The van der Waals surface area contributed by atoms with Crippen LogP contribution in [0.2, 0.25) is 0 Å². The number of nitrogens with one attached hydrogen (secondary N) is 1. The number of carbonyl (C=O) groups is 2. The molecule has 2 amide bonds. The topological polar surface area (TPSA) is 71.5 Å². The Morgan fingerprint density at radius 3 is 2.83 bits per heavy atom. The molecule has 0 radical (unpaired) electrons. The molecule has 1 N–H and O–H groups in total. The number of fused-ring (bicyclic) bond motifs is 1. The molecule has 0 spiro atoms. The van der Waals surface area contributed by atoms with Crippen molar-refractivity contribution >= 4 is 44.2 Å². The number of nitrogens with zero attached hydrogens (tertiary/aromatic N) is 2. The summed E-state index contributed by atoms with van der Waals surface area (Å²) in [6.07, 6.45) is 0.206. The Morgan fingerprint density at radius 2 is 2.07 bits per heavy atom. The van der Waals surface area contributed by atoms with Crippen LogP contribution in [-0.4, -0.2) is 29.9 Å². The highest BCUT2D eigenvalue weighted by Crippen LogP contribution is 2.31.